The van der Waals surface area contributed by atoms with E-state index in [4.69, 9.17) is 10.5 Å². The van der Waals surface area contributed by atoms with Gasteiger partial charge in [-0.2, -0.15) is 4.39 Å². The predicted octanol–water partition coefficient (Wildman–Crippen LogP) is 4.65. The van der Waals surface area contributed by atoms with Gasteiger partial charge in [-0.05, 0) is 40.5 Å². The van der Waals surface area contributed by atoms with Crippen LogP contribution in [0.25, 0.3) is 0 Å². The van der Waals surface area contributed by atoms with E-state index in [1.165, 1.54) is 23.5 Å². The zero-order chi connectivity index (χ0) is 14.7. The highest BCUT2D eigenvalue weighted by molar-refractivity contribution is 9.10. The normalized spacial score (nSPS) is 14.1. The summed E-state index contributed by atoms with van der Waals surface area (Å²) in [6, 6.07) is 5.44. The highest BCUT2D eigenvalue weighted by Gasteiger charge is 2.24. The van der Waals surface area contributed by atoms with E-state index < -0.39 is 17.7 Å². The second-order valence-electron chi connectivity index (χ2n) is 4.33. The summed E-state index contributed by atoms with van der Waals surface area (Å²) in [6.45, 7) is 1.92. The lowest BCUT2D eigenvalue weighted by Gasteiger charge is -2.23. The van der Waals surface area contributed by atoms with Gasteiger partial charge in [-0.25, -0.2) is 4.39 Å². The fraction of sp³-hybridized carbons (Fsp3) is 0.286. The highest BCUT2D eigenvalue weighted by Crippen LogP contribution is 2.33. The molecule has 2 nitrogen and oxygen atoms in total. The van der Waals surface area contributed by atoms with Crippen LogP contribution in [0.5, 0.6) is 5.75 Å². The zero-order valence-corrected chi connectivity index (χ0v) is 13.2. The molecule has 2 atom stereocenters. The Labute approximate surface area is 128 Å². The van der Waals surface area contributed by atoms with Crippen LogP contribution in [-0.2, 0) is 0 Å². The van der Waals surface area contributed by atoms with Crippen molar-refractivity contribution in [3.05, 3.63) is 50.6 Å². The summed E-state index contributed by atoms with van der Waals surface area (Å²) >= 11 is 4.83. The Morgan fingerprint density at radius 2 is 2.15 bits per heavy atom. The van der Waals surface area contributed by atoms with Crippen molar-refractivity contribution in [2.75, 3.05) is 0 Å². The van der Waals surface area contributed by atoms with Gasteiger partial charge in [0.25, 0.3) is 0 Å². The molecule has 1 aromatic carbocycles. The molecule has 0 fully saturated rings. The summed E-state index contributed by atoms with van der Waals surface area (Å²) in [6.07, 6.45) is 0.157. The summed E-state index contributed by atoms with van der Waals surface area (Å²) in [4.78, 5) is 0.870. The van der Waals surface area contributed by atoms with Crippen LogP contribution >= 0.6 is 27.3 Å². The lowest BCUT2D eigenvalue weighted by Crippen LogP contribution is -2.31. The third kappa shape index (κ3) is 3.37. The van der Waals surface area contributed by atoms with Crippen LogP contribution < -0.4 is 10.5 Å². The third-order valence-corrected chi connectivity index (χ3v) is 4.65. The van der Waals surface area contributed by atoms with Gasteiger partial charge in [0.2, 0.25) is 5.82 Å². The van der Waals surface area contributed by atoms with E-state index in [0.29, 0.717) is 6.42 Å². The quantitative estimate of drug-likeness (QED) is 0.841. The first-order valence-corrected chi connectivity index (χ1v) is 7.80. The van der Waals surface area contributed by atoms with E-state index in [9.17, 15) is 8.78 Å². The van der Waals surface area contributed by atoms with Gasteiger partial charge < -0.3 is 10.5 Å². The van der Waals surface area contributed by atoms with Gasteiger partial charge in [-0.15, -0.1) is 11.3 Å². The lowest BCUT2D eigenvalue weighted by molar-refractivity contribution is 0.165. The van der Waals surface area contributed by atoms with Crippen molar-refractivity contribution in [3.8, 4) is 5.75 Å². The van der Waals surface area contributed by atoms with Crippen molar-refractivity contribution in [2.24, 2.45) is 5.73 Å². The van der Waals surface area contributed by atoms with Crippen LogP contribution in [0.1, 0.15) is 24.3 Å². The number of thiophene rings is 1. The molecule has 0 saturated carbocycles. The maximum absolute atomic E-state index is 13.7. The molecule has 6 heteroatoms. The molecule has 0 aliphatic rings. The molecule has 0 amide bonds. The van der Waals surface area contributed by atoms with Crippen LogP contribution in [0.4, 0.5) is 8.78 Å². The Morgan fingerprint density at radius 3 is 2.75 bits per heavy atom. The van der Waals surface area contributed by atoms with Gasteiger partial charge in [-0.3, -0.25) is 0 Å². The van der Waals surface area contributed by atoms with Crippen molar-refractivity contribution < 1.29 is 13.5 Å². The van der Waals surface area contributed by atoms with Gasteiger partial charge in [0, 0.05) is 20.8 Å². The number of rotatable bonds is 5. The second kappa shape index (κ2) is 6.65. The average Bonchev–Trinajstić information content (AvgIpc) is 2.86. The molecule has 20 heavy (non-hydrogen) atoms. The number of hydrogen-bond acceptors (Lipinski definition) is 3. The van der Waals surface area contributed by atoms with E-state index in [1.807, 2.05) is 18.4 Å². The molecule has 2 rings (SSSR count). The van der Waals surface area contributed by atoms with Crippen LogP contribution in [0.2, 0.25) is 0 Å². The van der Waals surface area contributed by atoms with Gasteiger partial charge in [0.1, 0.15) is 6.10 Å². The first-order chi connectivity index (χ1) is 9.52. The Bertz CT molecular complexity index is 590. The molecule has 0 saturated heterocycles. The smallest absolute Gasteiger partial charge is 0.200 e. The molecule has 1 heterocycles. The standard InChI is InChI=1S/C14H14BrF2NOS/c1-2-10(18)14(12-6-8(15)7-20-12)19-11-5-3-4-9(16)13(11)17/h3-7,10,14H,2,18H2,1H3. The Kier molecular flexibility index (Phi) is 5.12. The second-order valence-corrected chi connectivity index (χ2v) is 6.19. The zero-order valence-electron chi connectivity index (χ0n) is 10.8. The highest BCUT2D eigenvalue weighted by atomic mass is 79.9. The SMILES string of the molecule is CCC(N)C(Oc1cccc(F)c1F)c1cc(Br)cs1. The molecular weight excluding hydrogens is 348 g/mol. The van der Waals surface area contributed by atoms with Crippen LogP contribution in [0, 0.1) is 11.6 Å². The van der Waals surface area contributed by atoms with Crippen molar-refractivity contribution in [3.63, 3.8) is 0 Å². The number of ether oxygens (including phenoxy) is 1. The first kappa shape index (κ1) is 15.4. The van der Waals surface area contributed by atoms with E-state index in [2.05, 4.69) is 15.9 Å². The summed E-state index contributed by atoms with van der Waals surface area (Å²) in [5, 5.41) is 1.90. The number of benzene rings is 1. The van der Waals surface area contributed by atoms with Crippen molar-refractivity contribution in [1.29, 1.82) is 0 Å². The Hall–Kier alpha value is -0.980. The van der Waals surface area contributed by atoms with E-state index in [0.717, 1.165) is 15.4 Å². The molecule has 0 bridgehead atoms. The Morgan fingerprint density at radius 1 is 1.40 bits per heavy atom. The summed E-state index contributed by atoms with van der Waals surface area (Å²) < 4.78 is 33.5. The molecule has 0 aliphatic carbocycles. The van der Waals surface area contributed by atoms with E-state index in [1.54, 1.807) is 0 Å². The molecule has 0 spiro atoms. The van der Waals surface area contributed by atoms with Crippen LogP contribution in [0.15, 0.2) is 34.1 Å². The van der Waals surface area contributed by atoms with Gasteiger partial charge in [0.15, 0.2) is 11.6 Å². The van der Waals surface area contributed by atoms with Crippen LogP contribution in [-0.4, -0.2) is 6.04 Å². The molecule has 2 N–H and O–H groups in total. The van der Waals surface area contributed by atoms with E-state index >= 15 is 0 Å². The number of hydrogen-bond donors (Lipinski definition) is 1. The summed E-state index contributed by atoms with van der Waals surface area (Å²) in [5.41, 5.74) is 6.04. The minimum absolute atomic E-state index is 0.122. The third-order valence-electron chi connectivity index (χ3n) is 2.90. The molecule has 2 unspecified atom stereocenters. The Balaban J connectivity index is 2.31. The largest absolute Gasteiger partial charge is 0.480 e. The molecule has 108 valence electrons. The molecule has 0 radical (unpaired) electrons. The summed E-state index contributed by atoms with van der Waals surface area (Å²) in [7, 11) is 0. The topological polar surface area (TPSA) is 35.2 Å². The number of nitrogens with two attached hydrogens (primary N) is 1. The maximum atomic E-state index is 13.7. The fourth-order valence-electron chi connectivity index (χ4n) is 1.76. The van der Waals surface area contributed by atoms with Crippen molar-refractivity contribution in [2.45, 2.75) is 25.5 Å². The van der Waals surface area contributed by atoms with Gasteiger partial charge in [0.05, 0.1) is 0 Å². The number of halogens is 3. The fourth-order valence-corrected chi connectivity index (χ4v) is 3.31. The predicted molar refractivity (Wildman–Crippen MR) is 80.0 cm³/mol. The van der Waals surface area contributed by atoms with Crippen LogP contribution in [0.3, 0.4) is 0 Å². The van der Waals surface area contributed by atoms with E-state index in [-0.39, 0.29) is 11.8 Å². The minimum Gasteiger partial charge on any atom is -0.480 e. The molecule has 1 aromatic heterocycles. The first-order valence-electron chi connectivity index (χ1n) is 6.13. The molecular formula is C14H14BrF2NOS. The maximum Gasteiger partial charge on any atom is 0.200 e. The minimum atomic E-state index is -0.989. The average molecular weight is 362 g/mol. The monoisotopic (exact) mass is 361 g/mol. The molecule has 2 aromatic rings. The summed E-state index contributed by atoms with van der Waals surface area (Å²) in [5.74, 6) is -2.04. The van der Waals surface area contributed by atoms with Crippen molar-refractivity contribution in [1.82, 2.24) is 0 Å². The lowest BCUT2D eigenvalue weighted by atomic mass is 10.1. The van der Waals surface area contributed by atoms with Gasteiger partial charge >= 0.3 is 0 Å². The van der Waals surface area contributed by atoms with Crippen molar-refractivity contribution >= 4 is 27.3 Å². The van der Waals surface area contributed by atoms with Gasteiger partial charge in [-0.1, -0.05) is 13.0 Å². The molecule has 0 aliphatic heterocycles.